The van der Waals surface area contributed by atoms with Gasteiger partial charge in [0.2, 0.25) is 0 Å². The van der Waals surface area contributed by atoms with Gasteiger partial charge in [0, 0.05) is 23.3 Å². The summed E-state index contributed by atoms with van der Waals surface area (Å²) in [6, 6.07) is 9.86. The van der Waals surface area contributed by atoms with Crippen molar-refractivity contribution in [2.24, 2.45) is 0 Å². The van der Waals surface area contributed by atoms with Gasteiger partial charge in [-0.05, 0) is 41.5 Å². The summed E-state index contributed by atoms with van der Waals surface area (Å²) in [5, 5.41) is 7.59. The monoisotopic (exact) mass is 264 g/mol. The smallest absolute Gasteiger partial charge is 0.0490 e. The first kappa shape index (κ1) is 12.3. The summed E-state index contributed by atoms with van der Waals surface area (Å²) in [6.45, 7) is 0. The average Bonchev–Trinajstić information content (AvgIpc) is 2.81. The van der Waals surface area contributed by atoms with Crippen LogP contribution >= 0.6 is 23.8 Å². The fourth-order valence-electron chi connectivity index (χ4n) is 1.62. The molecule has 1 aromatic heterocycles. The van der Waals surface area contributed by atoms with Gasteiger partial charge in [-0.2, -0.15) is 5.10 Å². The molecule has 0 aliphatic heterocycles. The Bertz CT molecular complexity index is 477. The predicted molar refractivity (Wildman–Crippen MR) is 74.7 cm³/mol. The number of rotatable bonds is 5. The molecule has 0 unspecified atom stereocenters. The molecular formula is C13H13ClN2S. The van der Waals surface area contributed by atoms with Gasteiger partial charge >= 0.3 is 0 Å². The minimum Gasteiger partial charge on any atom is -0.282 e. The lowest BCUT2D eigenvalue weighted by Crippen LogP contribution is -2.02. The van der Waals surface area contributed by atoms with Gasteiger partial charge in [0.15, 0.2) is 0 Å². The van der Waals surface area contributed by atoms with E-state index in [1.807, 2.05) is 30.3 Å². The number of aryl methyl sites for hydroxylation is 1. The fraction of sp³-hybridized carbons (Fsp3) is 0.231. The van der Waals surface area contributed by atoms with E-state index in [-0.39, 0.29) is 0 Å². The van der Waals surface area contributed by atoms with Crippen LogP contribution in [0.3, 0.4) is 0 Å². The summed E-state index contributed by atoms with van der Waals surface area (Å²) in [4.78, 5) is 1.05. The lowest BCUT2D eigenvalue weighted by molar-refractivity contribution is 0.993. The molecule has 88 valence electrons. The highest BCUT2D eigenvalue weighted by Crippen LogP contribution is 2.12. The molecule has 0 amide bonds. The number of nitrogens with zero attached hydrogens (tertiary/aromatic N) is 1. The van der Waals surface area contributed by atoms with Crippen molar-refractivity contribution in [3.8, 4) is 0 Å². The van der Waals surface area contributed by atoms with Crippen LogP contribution in [0.2, 0.25) is 5.02 Å². The second-order valence-electron chi connectivity index (χ2n) is 3.92. The van der Waals surface area contributed by atoms with Crippen LogP contribution in [0, 0.1) is 0 Å². The molecule has 1 N–H and O–H groups in total. The van der Waals surface area contributed by atoms with Crippen molar-refractivity contribution in [1.29, 1.82) is 0 Å². The molecule has 4 heteroatoms. The van der Waals surface area contributed by atoms with E-state index in [1.54, 1.807) is 6.20 Å². The molecular weight excluding hydrogens is 252 g/mol. The van der Waals surface area contributed by atoms with Crippen molar-refractivity contribution < 1.29 is 0 Å². The number of hydrogen-bond donors (Lipinski definition) is 1. The number of thiocarbonyl (C=S) groups is 1. The van der Waals surface area contributed by atoms with Crippen LogP contribution in [0.15, 0.2) is 36.5 Å². The van der Waals surface area contributed by atoms with E-state index in [9.17, 15) is 0 Å². The van der Waals surface area contributed by atoms with E-state index in [0.717, 1.165) is 34.8 Å². The van der Waals surface area contributed by atoms with E-state index in [0.29, 0.717) is 0 Å². The number of H-pyrrole nitrogens is 1. The van der Waals surface area contributed by atoms with Gasteiger partial charge in [-0.1, -0.05) is 36.0 Å². The zero-order chi connectivity index (χ0) is 12.1. The van der Waals surface area contributed by atoms with E-state index in [4.69, 9.17) is 23.8 Å². The highest BCUT2D eigenvalue weighted by molar-refractivity contribution is 7.80. The lowest BCUT2D eigenvalue weighted by atomic mass is 10.1. The number of nitrogens with one attached hydrogen (secondary N) is 1. The van der Waals surface area contributed by atoms with Gasteiger partial charge < -0.3 is 0 Å². The molecule has 2 rings (SSSR count). The maximum absolute atomic E-state index is 5.83. The van der Waals surface area contributed by atoms with Crippen molar-refractivity contribution in [3.05, 3.63) is 52.8 Å². The second-order valence-corrected chi connectivity index (χ2v) is 4.94. The Kier molecular flexibility index (Phi) is 4.29. The summed E-state index contributed by atoms with van der Waals surface area (Å²) in [5.41, 5.74) is 2.34. The van der Waals surface area contributed by atoms with Crippen molar-refractivity contribution in [2.45, 2.75) is 19.3 Å². The van der Waals surface area contributed by atoms with Gasteiger partial charge in [0.1, 0.15) is 0 Å². The topological polar surface area (TPSA) is 28.7 Å². The van der Waals surface area contributed by atoms with Crippen molar-refractivity contribution in [2.75, 3.05) is 0 Å². The van der Waals surface area contributed by atoms with Gasteiger partial charge in [-0.25, -0.2) is 0 Å². The van der Waals surface area contributed by atoms with E-state index < -0.39 is 0 Å². The molecule has 0 aliphatic carbocycles. The third kappa shape index (κ3) is 3.95. The third-order valence-electron chi connectivity index (χ3n) is 2.55. The zero-order valence-corrected chi connectivity index (χ0v) is 10.9. The summed E-state index contributed by atoms with van der Waals surface area (Å²) < 4.78 is 0. The summed E-state index contributed by atoms with van der Waals surface area (Å²) in [5.74, 6) is 0. The average molecular weight is 265 g/mol. The Balaban J connectivity index is 1.82. The van der Waals surface area contributed by atoms with Crippen molar-refractivity contribution in [3.63, 3.8) is 0 Å². The summed E-state index contributed by atoms with van der Waals surface area (Å²) in [7, 11) is 0. The van der Waals surface area contributed by atoms with Crippen LogP contribution in [-0.2, 0) is 12.8 Å². The molecule has 0 saturated heterocycles. The number of halogens is 1. The number of aromatic amines is 1. The molecule has 1 aromatic carbocycles. The van der Waals surface area contributed by atoms with Gasteiger partial charge in [0.25, 0.3) is 0 Å². The Labute approximate surface area is 111 Å². The standard InChI is InChI=1S/C13H13ClN2S/c14-11-4-1-10(2-5-11)3-6-13(17)9-12-7-8-15-16-12/h1-2,4-5,7-8H,3,6,9H2,(H,15,16). The second kappa shape index (κ2) is 5.94. The number of benzene rings is 1. The SMILES string of the molecule is S=C(CCc1ccc(Cl)cc1)Cc1ccn[nH]1. The van der Waals surface area contributed by atoms with Crippen LogP contribution in [0.4, 0.5) is 0 Å². The molecule has 17 heavy (non-hydrogen) atoms. The van der Waals surface area contributed by atoms with Crippen LogP contribution in [0.5, 0.6) is 0 Å². The van der Waals surface area contributed by atoms with Gasteiger partial charge in [0.05, 0.1) is 0 Å². The van der Waals surface area contributed by atoms with Crippen LogP contribution < -0.4 is 0 Å². The molecule has 0 radical (unpaired) electrons. The van der Waals surface area contributed by atoms with E-state index in [1.165, 1.54) is 5.56 Å². The first-order valence-electron chi connectivity index (χ1n) is 5.48. The minimum absolute atomic E-state index is 0.772. The maximum atomic E-state index is 5.83. The third-order valence-corrected chi connectivity index (χ3v) is 3.15. The van der Waals surface area contributed by atoms with Crippen LogP contribution in [0.25, 0.3) is 0 Å². The zero-order valence-electron chi connectivity index (χ0n) is 9.32. The molecule has 2 aromatic rings. The highest BCUT2D eigenvalue weighted by Gasteiger charge is 2.01. The Morgan fingerprint density at radius 1 is 1.24 bits per heavy atom. The molecule has 0 aliphatic rings. The molecule has 2 nitrogen and oxygen atoms in total. The van der Waals surface area contributed by atoms with Crippen LogP contribution in [0.1, 0.15) is 17.7 Å². The number of hydrogen-bond acceptors (Lipinski definition) is 2. The normalized spacial score (nSPS) is 10.4. The largest absolute Gasteiger partial charge is 0.282 e. The minimum atomic E-state index is 0.772. The molecule has 1 heterocycles. The molecule has 0 spiro atoms. The highest BCUT2D eigenvalue weighted by atomic mass is 35.5. The van der Waals surface area contributed by atoms with Crippen LogP contribution in [-0.4, -0.2) is 15.1 Å². The first-order chi connectivity index (χ1) is 8.24. The summed E-state index contributed by atoms with van der Waals surface area (Å²) in [6.07, 6.45) is 4.42. The van der Waals surface area contributed by atoms with E-state index in [2.05, 4.69) is 10.2 Å². The quantitative estimate of drug-likeness (QED) is 0.836. The fourth-order valence-corrected chi connectivity index (χ4v) is 2.00. The Morgan fingerprint density at radius 2 is 2.00 bits per heavy atom. The number of aromatic nitrogens is 2. The maximum Gasteiger partial charge on any atom is 0.0490 e. The molecule has 0 fully saturated rings. The van der Waals surface area contributed by atoms with Gasteiger partial charge in [-0.3, -0.25) is 5.10 Å². The van der Waals surface area contributed by atoms with Crippen molar-refractivity contribution >= 4 is 28.7 Å². The van der Waals surface area contributed by atoms with E-state index >= 15 is 0 Å². The van der Waals surface area contributed by atoms with Gasteiger partial charge in [-0.15, -0.1) is 0 Å². The molecule has 0 saturated carbocycles. The first-order valence-corrected chi connectivity index (χ1v) is 6.27. The lowest BCUT2D eigenvalue weighted by Gasteiger charge is -2.03. The Morgan fingerprint density at radius 3 is 2.65 bits per heavy atom. The summed E-state index contributed by atoms with van der Waals surface area (Å²) >= 11 is 11.2. The molecule has 0 atom stereocenters. The molecule has 0 bridgehead atoms. The predicted octanol–water partition coefficient (Wildman–Crippen LogP) is 3.61. The van der Waals surface area contributed by atoms with Crippen molar-refractivity contribution in [1.82, 2.24) is 10.2 Å². The Hall–Kier alpha value is -1.19.